The first-order valence-corrected chi connectivity index (χ1v) is 12.2. The highest BCUT2D eigenvalue weighted by molar-refractivity contribution is 5.79. The number of ether oxygens (including phenoxy) is 2. The maximum absolute atomic E-state index is 13.3. The molecule has 6 nitrogen and oxygen atoms in total. The van der Waals surface area contributed by atoms with Gasteiger partial charge in [0.15, 0.2) is 11.5 Å². The maximum atomic E-state index is 13.3. The lowest BCUT2D eigenvalue weighted by molar-refractivity contribution is -0.133. The molecule has 34 heavy (non-hydrogen) atoms. The van der Waals surface area contributed by atoms with Gasteiger partial charge in [0.1, 0.15) is 0 Å². The summed E-state index contributed by atoms with van der Waals surface area (Å²) in [5, 5.41) is 0. The highest BCUT2D eigenvalue weighted by Crippen LogP contribution is 2.36. The largest absolute Gasteiger partial charge is 0.493 e. The number of hydrogen-bond acceptors (Lipinski definition) is 4. The Labute approximate surface area is 201 Å². The lowest BCUT2D eigenvalue weighted by Gasteiger charge is -2.43. The number of carbonyl (C=O) groups is 1. The molecule has 2 heterocycles. The van der Waals surface area contributed by atoms with E-state index in [-0.39, 0.29) is 18.1 Å². The zero-order valence-electron chi connectivity index (χ0n) is 19.8. The standard InChI is InChI=1S/C28H33N3O3/c1-33-26-11-10-23(18-27(26)34-25-8-5-9-25)30-14-15-31(28(32)17-22-12-13-29-19-22)24(20-30)16-21-6-3-2-4-7-21/h2-4,6-7,10-13,18-19,24-25,29H,5,8-9,14-17,20H2,1H3/t24-/m0/s1. The molecule has 1 amide bonds. The van der Waals surface area contributed by atoms with Gasteiger partial charge < -0.3 is 24.3 Å². The molecule has 2 aromatic carbocycles. The Hall–Kier alpha value is -3.41. The fourth-order valence-electron chi connectivity index (χ4n) is 4.85. The van der Waals surface area contributed by atoms with Crippen molar-refractivity contribution in [2.75, 3.05) is 31.6 Å². The summed E-state index contributed by atoms with van der Waals surface area (Å²) < 4.78 is 11.8. The summed E-state index contributed by atoms with van der Waals surface area (Å²) in [7, 11) is 1.69. The first-order valence-electron chi connectivity index (χ1n) is 12.2. The number of nitrogens with zero attached hydrogens (tertiary/aromatic N) is 2. The van der Waals surface area contributed by atoms with Crippen LogP contribution < -0.4 is 14.4 Å². The van der Waals surface area contributed by atoms with Gasteiger partial charge in [0.05, 0.1) is 25.7 Å². The van der Waals surface area contributed by atoms with E-state index < -0.39 is 0 Å². The summed E-state index contributed by atoms with van der Waals surface area (Å²) in [6.45, 7) is 2.27. The molecule has 0 unspecified atom stereocenters. The van der Waals surface area contributed by atoms with Crippen LogP contribution in [0.25, 0.3) is 0 Å². The Bertz CT molecular complexity index is 1080. The van der Waals surface area contributed by atoms with Crippen molar-refractivity contribution >= 4 is 11.6 Å². The topological polar surface area (TPSA) is 57.8 Å². The van der Waals surface area contributed by atoms with E-state index in [9.17, 15) is 4.79 Å². The molecule has 1 aromatic heterocycles. The van der Waals surface area contributed by atoms with Crippen LogP contribution in [-0.2, 0) is 17.6 Å². The van der Waals surface area contributed by atoms with Crippen molar-refractivity contribution in [3.63, 3.8) is 0 Å². The quantitative estimate of drug-likeness (QED) is 0.541. The van der Waals surface area contributed by atoms with Crippen molar-refractivity contribution in [1.82, 2.24) is 9.88 Å². The van der Waals surface area contributed by atoms with Gasteiger partial charge in [-0.15, -0.1) is 0 Å². The van der Waals surface area contributed by atoms with Crippen molar-refractivity contribution < 1.29 is 14.3 Å². The number of amides is 1. The van der Waals surface area contributed by atoms with Gasteiger partial charge in [-0.05, 0) is 55.0 Å². The number of benzene rings is 2. The molecule has 1 aliphatic carbocycles. The number of methoxy groups -OCH3 is 1. The third kappa shape index (κ3) is 5.06. The molecule has 2 aliphatic rings. The van der Waals surface area contributed by atoms with Crippen LogP contribution in [0.5, 0.6) is 11.5 Å². The van der Waals surface area contributed by atoms with Crippen LogP contribution in [0.15, 0.2) is 67.0 Å². The number of hydrogen-bond donors (Lipinski definition) is 1. The van der Waals surface area contributed by atoms with Crippen LogP contribution in [-0.4, -0.2) is 54.7 Å². The smallest absolute Gasteiger partial charge is 0.227 e. The fraction of sp³-hybridized carbons (Fsp3) is 0.393. The molecule has 0 radical (unpaired) electrons. The molecule has 1 atom stereocenters. The molecule has 2 fully saturated rings. The van der Waals surface area contributed by atoms with Crippen LogP contribution in [0.3, 0.4) is 0 Å². The number of nitrogens with one attached hydrogen (secondary N) is 1. The van der Waals surface area contributed by atoms with Gasteiger partial charge in [0.2, 0.25) is 5.91 Å². The van der Waals surface area contributed by atoms with Crippen molar-refractivity contribution in [2.24, 2.45) is 0 Å². The minimum absolute atomic E-state index is 0.0979. The maximum Gasteiger partial charge on any atom is 0.227 e. The number of aromatic nitrogens is 1. The van der Waals surface area contributed by atoms with Crippen LogP contribution in [0.4, 0.5) is 5.69 Å². The number of carbonyl (C=O) groups excluding carboxylic acids is 1. The van der Waals surface area contributed by atoms with Gasteiger partial charge in [-0.2, -0.15) is 0 Å². The normalized spacial score (nSPS) is 18.4. The predicted molar refractivity (Wildman–Crippen MR) is 134 cm³/mol. The Kier molecular flexibility index (Phi) is 6.74. The lowest BCUT2D eigenvalue weighted by atomic mass is 9.96. The molecular weight excluding hydrogens is 426 g/mol. The second-order valence-corrected chi connectivity index (χ2v) is 9.28. The number of H-pyrrole nitrogens is 1. The van der Waals surface area contributed by atoms with Gasteiger partial charge in [-0.1, -0.05) is 30.3 Å². The van der Waals surface area contributed by atoms with Crippen molar-refractivity contribution in [3.8, 4) is 11.5 Å². The van der Waals surface area contributed by atoms with Crippen molar-refractivity contribution in [1.29, 1.82) is 0 Å². The third-order valence-corrected chi connectivity index (χ3v) is 6.99. The van der Waals surface area contributed by atoms with E-state index >= 15 is 0 Å². The number of anilines is 1. The van der Waals surface area contributed by atoms with E-state index in [0.717, 1.165) is 55.1 Å². The molecular formula is C28H33N3O3. The summed E-state index contributed by atoms with van der Waals surface area (Å²) in [5.74, 6) is 1.77. The minimum Gasteiger partial charge on any atom is -0.493 e. The van der Waals surface area contributed by atoms with Crippen LogP contribution in [0, 0.1) is 0 Å². The second kappa shape index (κ2) is 10.2. The molecule has 1 aliphatic heterocycles. The number of rotatable bonds is 8. The summed E-state index contributed by atoms with van der Waals surface area (Å²) >= 11 is 0. The van der Waals surface area contributed by atoms with Crippen LogP contribution in [0.1, 0.15) is 30.4 Å². The SMILES string of the molecule is COc1ccc(N2CCN(C(=O)Cc3cc[nH]c3)[C@@H](Cc3ccccc3)C2)cc1OC1CCC1. The summed E-state index contributed by atoms with van der Waals surface area (Å²) in [6.07, 6.45) is 8.76. The molecule has 0 bridgehead atoms. The number of aromatic amines is 1. The predicted octanol–water partition coefficient (Wildman–Crippen LogP) is 4.46. The minimum atomic E-state index is 0.0979. The van der Waals surface area contributed by atoms with Gasteiger partial charge >= 0.3 is 0 Å². The zero-order chi connectivity index (χ0) is 23.3. The third-order valence-electron chi connectivity index (χ3n) is 6.99. The van der Waals surface area contributed by atoms with Crippen molar-refractivity contribution in [2.45, 2.75) is 44.2 Å². The van der Waals surface area contributed by atoms with Crippen LogP contribution >= 0.6 is 0 Å². The average molecular weight is 460 g/mol. The fourth-order valence-corrected chi connectivity index (χ4v) is 4.85. The molecule has 178 valence electrons. The number of piperazine rings is 1. The highest BCUT2D eigenvalue weighted by atomic mass is 16.5. The Morgan fingerprint density at radius 3 is 2.59 bits per heavy atom. The summed E-state index contributed by atoms with van der Waals surface area (Å²) in [4.78, 5) is 20.8. The van der Waals surface area contributed by atoms with E-state index in [1.54, 1.807) is 7.11 Å². The Morgan fingerprint density at radius 1 is 1.03 bits per heavy atom. The molecule has 6 heteroatoms. The van der Waals surface area contributed by atoms with E-state index in [1.807, 2.05) is 30.6 Å². The van der Waals surface area contributed by atoms with Gasteiger partial charge in [-0.25, -0.2) is 0 Å². The Morgan fingerprint density at radius 2 is 1.88 bits per heavy atom. The molecule has 3 aromatic rings. The van der Waals surface area contributed by atoms with E-state index in [1.165, 1.54) is 12.0 Å². The second-order valence-electron chi connectivity index (χ2n) is 9.28. The molecule has 1 saturated carbocycles. The summed E-state index contributed by atoms with van der Waals surface area (Å²) in [6, 6.07) is 18.7. The van der Waals surface area contributed by atoms with Gasteiger partial charge in [0, 0.05) is 43.8 Å². The Balaban J connectivity index is 1.35. The average Bonchev–Trinajstić information content (AvgIpc) is 3.35. The monoisotopic (exact) mass is 459 g/mol. The zero-order valence-corrected chi connectivity index (χ0v) is 19.8. The van der Waals surface area contributed by atoms with Gasteiger partial charge in [-0.3, -0.25) is 4.79 Å². The van der Waals surface area contributed by atoms with Crippen molar-refractivity contribution in [3.05, 3.63) is 78.1 Å². The first-order chi connectivity index (χ1) is 16.7. The highest BCUT2D eigenvalue weighted by Gasteiger charge is 2.31. The van der Waals surface area contributed by atoms with E-state index in [4.69, 9.17) is 9.47 Å². The van der Waals surface area contributed by atoms with Gasteiger partial charge in [0.25, 0.3) is 0 Å². The van der Waals surface area contributed by atoms with Crippen LogP contribution in [0.2, 0.25) is 0 Å². The molecule has 1 N–H and O–H groups in total. The first kappa shape index (κ1) is 22.4. The molecule has 1 saturated heterocycles. The van der Waals surface area contributed by atoms with E-state index in [2.05, 4.69) is 51.2 Å². The molecule has 5 rings (SSSR count). The lowest BCUT2D eigenvalue weighted by Crippen LogP contribution is -2.56. The van der Waals surface area contributed by atoms with E-state index in [0.29, 0.717) is 13.0 Å². The molecule has 0 spiro atoms. The summed E-state index contributed by atoms with van der Waals surface area (Å²) in [5.41, 5.74) is 3.39.